The standard InChI is InChI=1S/C20H14O5/c1-11-8-14(12-6-7-16-17(9-12)23-10-22-16)18-19(24-11)13-4-2-3-5-15(13)25-20(18)21/h2-9,14H,10H2,1H3. The zero-order valence-electron chi connectivity index (χ0n) is 13.4. The Morgan fingerprint density at radius 3 is 2.80 bits per heavy atom. The number of allylic oxidation sites excluding steroid dienone is 2. The molecule has 1 unspecified atom stereocenters. The van der Waals surface area contributed by atoms with Crippen LogP contribution in [0.1, 0.15) is 24.0 Å². The van der Waals surface area contributed by atoms with Gasteiger partial charge in [0.25, 0.3) is 0 Å². The molecule has 5 rings (SSSR count). The highest BCUT2D eigenvalue weighted by Gasteiger charge is 2.29. The van der Waals surface area contributed by atoms with Gasteiger partial charge >= 0.3 is 5.63 Å². The van der Waals surface area contributed by atoms with E-state index in [0.717, 1.165) is 16.7 Å². The Kier molecular flexibility index (Phi) is 2.91. The van der Waals surface area contributed by atoms with Gasteiger partial charge in [0, 0.05) is 5.92 Å². The van der Waals surface area contributed by atoms with Crippen molar-refractivity contribution in [3.05, 3.63) is 75.8 Å². The molecule has 0 saturated heterocycles. The lowest BCUT2D eigenvalue weighted by atomic mass is 9.88. The maximum atomic E-state index is 12.7. The fourth-order valence-electron chi connectivity index (χ4n) is 3.40. The smallest absolute Gasteiger partial charge is 0.344 e. The van der Waals surface area contributed by atoms with E-state index in [4.69, 9.17) is 18.6 Å². The lowest BCUT2D eigenvalue weighted by molar-refractivity contribution is 0.174. The van der Waals surface area contributed by atoms with Crippen molar-refractivity contribution in [1.29, 1.82) is 0 Å². The van der Waals surface area contributed by atoms with Crippen molar-refractivity contribution in [2.75, 3.05) is 6.79 Å². The minimum atomic E-state index is -0.389. The number of benzene rings is 2. The molecule has 124 valence electrons. The third kappa shape index (κ3) is 2.12. The SMILES string of the molecule is CC1=CC(c2ccc3c(c2)OCO3)c2c(c3ccccc3oc2=O)O1. The van der Waals surface area contributed by atoms with Gasteiger partial charge in [-0.1, -0.05) is 18.2 Å². The van der Waals surface area contributed by atoms with Gasteiger partial charge in [-0.3, -0.25) is 0 Å². The number of rotatable bonds is 1. The van der Waals surface area contributed by atoms with Gasteiger partial charge in [0.15, 0.2) is 11.5 Å². The molecule has 0 aliphatic carbocycles. The Balaban J connectivity index is 1.76. The molecule has 1 aromatic heterocycles. The minimum absolute atomic E-state index is 0.213. The fraction of sp³-hybridized carbons (Fsp3) is 0.150. The first-order valence-electron chi connectivity index (χ1n) is 8.02. The minimum Gasteiger partial charge on any atom is -0.461 e. The highest BCUT2D eigenvalue weighted by Crippen LogP contribution is 2.43. The Hall–Kier alpha value is -3.21. The van der Waals surface area contributed by atoms with Crippen LogP contribution in [-0.2, 0) is 0 Å². The average Bonchev–Trinajstić information content (AvgIpc) is 3.08. The van der Waals surface area contributed by atoms with E-state index in [2.05, 4.69) is 0 Å². The van der Waals surface area contributed by atoms with E-state index >= 15 is 0 Å². The quantitative estimate of drug-likeness (QED) is 0.631. The van der Waals surface area contributed by atoms with Crippen LogP contribution >= 0.6 is 0 Å². The van der Waals surface area contributed by atoms with Gasteiger partial charge in [0.1, 0.15) is 11.3 Å². The van der Waals surface area contributed by atoms with Crippen molar-refractivity contribution < 1.29 is 18.6 Å². The molecule has 0 spiro atoms. The second-order valence-electron chi connectivity index (χ2n) is 6.10. The molecule has 2 aliphatic heterocycles. The summed E-state index contributed by atoms with van der Waals surface area (Å²) in [6.07, 6.45) is 1.92. The zero-order chi connectivity index (χ0) is 17.0. The fourth-order valence-corrected chi connectivity index (χ4v) is 3.40. The summed E-state index contributed by atoms with van der Waals surface area (Å²) in [6, 6.07) is 13.1. The number of hydrogen-bond acceptors (Lipinski definition) is 5. The molecule has 0 N–H and O–H groups in total. The Bertz CT molecular complexity index is 1090. The first kappa shape index (κ1) is 14.2. The van der Waals surface area contributed by atoms with Crippen LogP contribution in [0.2, 0.25) is 0 Å². The van der Waals surface area contributed by atoms with Crippen molar-refractivity contribution >= 4 is 11.0 Å². The third-order valence-corrected chi connectivity index (χ3v) is 4.53. The Morgan fingerprint density at radius 1 is 1.04 bits per heavy atom. The molecule has 3 aromatic rings. The topological polar surface area (TPSA) is 57.9 Å². The average molecular weight is 334 g/mol. The van der Waals surface area contributed by atoms with Crippen LogP contribution in [0.5, 0.6) is 17.2 Å². The molecule has 0 amide bonds. The van der Waals surface area contributed by atoms with Gasteiger partial charge in [-0.15, -0.1) is 0 Å². The third-order valence-electron chi connectivity index (χ3n) is 4.53. The van der Waals surface area contributed by atoms with E-state index in [1.807, 2.05) is 49.4 Å². The molecule has 0 fully saturated rings. The van der Waals surface area contributed by atoms with Crippen LogP contribution in [0.25, 0.3) is 11.0 Å². The number of para-hydroxylation sites is 1. The molecule has 25 heavy (non-hydrogen) atoms. The van der Waals surface area contributed by atoms with E-state index in [1.54, 1.807) is 6.07 Å². The molecule has 5 heteroatoms. The van der Waals surface area contributed by atoms with Crippen molar-refractivity contribution in [2.45, 2.75) is 12.8 Å². The van der Waals surface area contributed by atoms with Crippen LogP contribution < -0.4 is 19.8 Å². The maximum Gasteiger partial charge on any atom is 0.344 e. The van der Waals surface area contributed by atoms with Crippen molar-refractivity contribution in [2.24, 2.45) is 0 Å². The lowest BCUT2D eigenvalue weighted by Crippen LogP contribution is -2.19. The number of fused-ring (bicyclic) bond motifs is 4. The number of ether oxygens (including phenoxy) is 3. The Morgan fingerprint density at radius 2 is 1.88 bits per heavy atom. The van der Waals surface area contributed by atoms with Crippen molar-refractivity contribution in [3.8, 4) is 17.2 Å². The van der Waals surface area contributed by atoms with Crippen molar-refractivity contribution in [3.63, 3.8) is 0 Å². The summed E-state index contributed by atoms with van der Waals surface area (Å²) in [5.41, 5.74) is 1.56. The molecular formula is C20H14O5. The number of hydrogen-bond donors (Lipinski definition) is 0. The predicted octanol–water partition coefficient (Wildman–Crippen LogP) is 3.95. The van der Waals surface area contributed by atoms with Crippen LogP contribution in [0, 0.1) is 0 Å². The van der Waals surface area contributed by atoms with Gasteiger partial charge < -0.3 is 18.6 Å². The molecule has 0 saturated carbocycles. The summed E-state index contributed by atoms with van der Waals surface area (Å²) in [5.74, 6) is 2.43. The first-order chi connectivity index (χ1) is 12.2. The Labute approximate surface area is 143 Å². The molecule has 3 heterocycles. The van der Waals surface area contributed by atoms with E-state index in [0.29, 0.717) is 28.4 Å². The highest BCUT2D eigenvalue weighted by atomic mass is 16.7. The summed E-state index contributed by atoms with van der Waals surface area (Å²) < 4.78 is 22.3. The van der Waals surface area contributed by atoms with Crippen LogP contribution in [0.15, 0.2) is 63.5 Å². The van der Waals surface area contributed by atoms with Gasteiger partial charge in [-0.05, 0) is 42.8 Å². The second kappa shape index (κ2) is 5.14. The van der Waals surface area contributed by atoms with E-state index in [1.165, 1.54) is 0 Å². The van der Waals surface area contributed by atoms with Gasteiger partial charge in [-0.2, -0.15) is 0 Å². The molecule has 2 aliphatic rings. The maximum absolute atomic E-state index is 12.7. The molecular weight excluding hydrogens is 320 g/mol. The highest BCUT2D eigenvalue weighted by molar-refractivity contribution is 5.85. The molecule has 0 bridgehead atoms. The largest absolute Gasteiger partial charge is 0.461 e. The monoisotopic (exact) mass is 334 g/mol. The zero-order valence-corrected chi connectivity index (χ0v) is 13.4. The van der Waals surface area contributed by atoms with E-state index in [9.17, 15) is 4.79 Å². The summed E-state index contributed by atoms with van der Waals surface area (Å²) in [7, 11) is 0. The molecule has 2 aromatic carbocycles. The summed E-state index contributed by atoms with van der Waals surface area (Å²) in [5, 5.41) is 0.787. The molecule has 5 nitrogen and oxygen atoms in total. The van der Waals surface area contributed by atoms with Crippen LogP contribution in [0.3, 0.4) is 0 Å². The predicted molar refractivity (Wildman–Crippen MR) is 91.3 cm³/mol. The van der Waals surface area contributed by atoms with Gasteiger partial charge in [0.05, 0.1) is 16.7 Å². The summed E-state index contributed by atoms with van der Waals surface area (Å²) in [4.78, 5) is 12.7. The molecule has 1 atom stereocenters. The summed E-state index contributed by atoms with van der Waals surface area (Å²) in [6.45, 7) is 2.09. The van der Waals surface area contributed by atoms with Crippen molar-refractivity contribution in [1.82, 2.24) is 0 Å². The normalized spacial score (nSPS) is 17.8. The van der Waals surface area contributed by atoms with Gasteiger partial charge in [-0.25, -0.2) is 4.79 Å². The molecule has 0 radical (unpaired) electrons. The van der Waals surface area contributed by atoms with Crippen LogP contribution in [0.4, 0.5) is 0 Å². The summed E-state index contributed by atoms with van der Waals surface area (Å²) >= 11 is 0. The first-order valence-corrected chi connectivity index (χ1v) is 8.02. The van der Waals surface area contributed by atoms with E-state index in [-0.39, 0.29) is 18.3 Å². The second-order valence-corrected chi connectivity index (χ2v) is 6.10. The van der Waals surface area contributed by atoms with Gasteiger partial charge in [0.2, 0.25) is 6.79 Å². The lowest BCUT2D eigenvalue weighted by Gasteiger charge is -2.23. The van der Waals surface area contributed by atoms with Crippen LogP contribution in [-0.4, -0.2) is 6.79 Å². The van der Waals surface area contributed by atoms with E-state index < -0.39 is 0 Å².